The van der Waals surface area contributed by atoms with Gasteiger partial charge in [0.15, 0.2) is 4.90 Å². The number of benzene rings is 1. The van der Waals surface area contributed by atoms with Crippen molar-refractivity contribution in [1.82, 2.24) is 4.31 Å². The van der Waals surface area contributed by atoms with Crippen LogP contribution in [0.3, 0.4) is 0 Å². The molecule has 0 spiro atoms. The minimum absolute atomic E-state index is 0.123. The second-order valence-corrected chi connectivity index (χ2v) is 5.99. The van der Waals surface area contributed by atoms with E-state index in [0.29, 0.717) is 6.42 Å². The Morgan fingerprint density at radius 2 is 2.05 bits per heavy atom. The van der Waals surface area contributed by atoms with Gasteiger partial charge < -0.3 is 10.8 Å². The number of aliphatic hydroxyl groups is 1. The summed E-state index contributed by atoms with van der Waals surface area (Å²) < 4.78 is 25.9. The smallest absolute Gasteiger partial charge is 0.312 e. The van der Waals surface area contributed by atoms with Gasteiger partial charge in [0, 0.05) is 13.1 Å². The van der Waals surface area contributed by atoms with Crippen LogP contribution < -0.4 is 5.73 Å². The number of nitro benzene ring substituents is 1. The second-order valence-electron chi connectivity index (χ2n) is 4.08. The Labute approximate surface area is 117 Å². The highest BCUT2D eigenvalue weighted by atomic mass is 32.2. The molecule has 0 radical (unpaired) electrons. The van der Waals surface area contributed by atoms with E-state index in [2.05, 4.69) is 0 Å². The Kier molecular flexibility index (Phi) is 5.43. The minimum Gasteiger partial charge on any atom is -0.395 e. The fraction of sp³-hybridized carbons (Fsp3) is 0.455. The molecule has 0 heterocycles. The van der Waals surface area contributed by atoms with Crippen molar-refractivity contribution in [3.8, 4) is 0 Å². The van der Waals surface area contributed by atoms with Crippen LogP contribution in [0.25, 0.3) is 0 Å². The van der Waals surface area contributed by atoms with Crippen LogP contribution in [-0.2, 0) is 10.0 Å². The maximum Gasteiger partial charge on any atom is 0.312 e. The normalized spacial score (nSPS) is 11.8. The molecular formula is C11H17N3O5S. The first-order chi connectivity index (χ1) is 9.36. The highest BCUT2D eigenvalue weighted by Gasteiger charge is 2.32. The highest BCUT2D eigenvalue weighted by Crippen LogP contribution is 2.31. The average Bonchev–Trinajstić information content (AvgIpc) is 2.37. The Morgan fingerprint density at radius 1 is 1.40 bits per heavy atom. The number of aliphatic hydroxyl groups excluding tert-OH is 1. The SMILES string of the molecule is CCCN(CCO)S(=O)(=O)c1cccc(N)c1[N+](=O)[O-]. The van der Waals surface area contributed by atoms with E-state index in [4.69, 9.17) is 10.8 Å². The van der Waals surface area contributed by atoms with Gasteiger partial charge in [0.2, 0.25) is 10.0 Å². The summed E-state index contributed by atoms with van der Waals surface area (Å²) in [4.78, 5) is 9.75. The molecule has 8 nitrogen and oxygen atoms in total. The van der Waals surface area contributed by atoms with E-state index < -0.39 is 25.5 Å². The van der Waals surface area contributed by atoms with Crippen molar-refractivity contribution >= 4 is 21.4 Å². The molecule has 0 fully saturated rings. The fourth-order valence-corrected chi connectivity index (χ4v) is 3.51. The first-order valence-corrected chi connectivity index (χ1v) is 7.44. The zero-order chi connectivity index (χ0) is 15.3. The number of anilines is 1. The molecule has 0 saturated heterocycles. The number of nitrogens with two attached hydrogens (primary N) is 1. The lowest BCUT2D eigenvalue weighted by Crippen LogP contribution is -2.34. The monoisotopic (exact) mass is 303 g/mol. The average molecular weight is 303 g/mol. The van der Waals surface area contributed by atoms with Gasteiger partial charge in [-0.25, -0.2) is 8.42 Å². The molecule has 112 valence electrons. The number of hydrogen-bond donors (Lipinski definition) is 2. The summed E-state index contributed by atoms with van der Waals surface area (Å²) in [6.45, 7) is 1.44. The van der Waals surface area contributed by atoms with Crippen LogP contribution in [0.15, 0.2) is 23.1 Å². The topological polar surface area (TPSA) is 127 Å². The number of hydrogen-bond acceptors (Lipinski definition) is 6. The molecule has 1 rings (SSSR count). The molecule has 20 heavy (non-hydrogen) atoms. The highest BCUT2D eigenvalue weighted by molar-refractivity contribution is 7.89. The third kappa shape index (κ3) is 3.24. The molecule has 1 aromatic carbocycles. The summed E-state index contributed by atoms with van der Waals surface area (Å²) in [5, 5.41) is 20.0. The fourth-order valence-electron chi connectivity index (χ4n) is 1.80. The standard InChI is InChI=1S/C11H17N3O5S/c1-2-6-13(7-8-15)20(18,19)10-5-3-4-9(12)11(10)14(16)17/h3-5,15H,2,6-8,12H2,1H3. The van der Waals surface area contributed by atoms with Crippen molar-refractivity contribution in [1.29, 1.82) is 0 Å². The van der Waals surface area contributed by atoms with Gasteiger partial charge in [-0.2, -0.15) is 4.31 Å². The van der Waals surface area contributed by atoms with Crippen molar-refractivity contribution in [2.45, 2.75) is 18.2 Å². The summed E-state index contributed by atoms with van der Waals surface area (Å²) in [6, 6.07) is 3.76. The van der Waals surface area contributed by atoms with Gasteiger partial charge in [0.25, 0.3) is 0 Å². The number of sulfonamides is 1. The molecule has 1 aromatic rings. The van der Waals surface area contributed by atoms with Gasteiger partial charge >= 0.3 is 5.69 Å². The molecule has 0 aliphatic rings. The Morgan fingerprint density at radius 3 is 2.55 bits per heavy atom. The summed E-state index contributed by atoms with van der Waals surface area (Å²) >= 11 is 0. The number of para-hydroxylation sites is 1. The predicted molar refractivity (Wildman–Crippen MR) is 73.6 cm³/mol. The molecule has 0 bridgehead atoms. The number of nitrogens with zero attached hydrogens (tertiary/aromatic N) is 2. The number of rotatable bonds is 7. The predicted octanol–water partition coefficient (Wildman–Crippen LogP) is 0.570. The molecule has 0 unspecified atom stereocenters. The first kappa shape index (κ1) is 16.3. The van der Waals surface area contributed by atoms with Crippen LogP contribution in [0.4, 0.5) is 11.4 Å². The van der Waals surface area contributed by atoms with E-state index in [9.17, 15) is 18.5 Å². The molecule has 0 aliphatic carbocycles. The lowest BCUT2D eigenvalue weighted by molar-refractivity contribution is -0.386. The molecule has 9 heteroatoms. The summed E-state index contributed by atoms with van der Waals surface area (Å²) in [5.74, 6) is 0. The van der Waals surface area contributed by atoms with Gasteiger partial charge in [0.1, 0.15) is 5.69 Å². The first-order valence-electron chi connectivity index (χ1n) is 6.00. The van der Waals surface area contributed by atoms with Crippen molar-refractivity contribution in [2.24, 2.45) is 0 Å². The molecule has 0 atom stereocenters. The van der Waals surface area contributed by atoms with Crippen molar-refractivity contribution in [3.05, 3.63) is 28.3 Å². The third-order valence-electron chi connectivity index (χ3n) is 2.65. The lowest BCUT2D eigenvalue weighted by Gasteiger charge is -2.20. The zero-order valence-electron chi connectivity index (χ0n) is 11.0. The van der Waals surface area contributed by atoms with Crippen LogP contribution in [0.5, 0.6) is 0 Å². The van der Waals surface area contributed by atoms with Crippen LogP contribution in [0.1, 0.15) is 13.3 Å². The Hall–Kier alpha value is -1.71. The Balaban J connectivity index is 3.41. The summed E-state index contributed by atoms with van der Waals surface area (Å²) in [5.41, 5.74) is 4.65. The molecule has 3 N–H and O–H groups in total. The number of nitrogen functional groups attached to an aromatic ring is 1. The van der Waals surface area contributed by atoms with Crippen LogP contribution in [0.2, 0.25) is 0 Å². The van der Waals surface area contributed by atoms with Crippen LogP contribution in [0, 0.1) is 10.1 Å². The minimum atomic E-state index is -4.07. The largest absolute Gasteiger partial charge is 0.395 e. The van der Waals surface area contributed by atoms with Gasteiger partial charge in [-0.05, 0) is 18.6 Å². The number of nitro groups is 1. The van der Waals surface area contributed by atoms with Crippen molar-refractivity contribution in [2.75, 3.05) is 25.4 Å². The second kappa shape index (κ2) is 6.64. The molecular weight excluding hydrogens is 286 g/mol. The Bertz CT molecular complexity index is 582. The van der Waals surface area contributed by atoms with Gasteiger partial charge in [-0.1, -0.05) is 13.0 Å². The van der Waals surface area contributed by atoms with Gasteiger partial charge in [0.05, 0.1) is 11.5 Å². The van der Waals surface area contributed by atoms with Crippen molar-refractivity contribution in [3.63, 3.8) is 0 Å². The molecule has 0 aliphatic heterocycles. The van der Waals surface area contributed by atoms with Crippen LogP contribution >= 0.6 is 0 Å². The molecule has 0 saturated carbocycles. The zero-order valence-corrected chi connectivity index (χ0v) is 11.8. The van der Waals surface area contributed by atoms with E-state index >= 15 is 0 Å². The van der Waals surface area contributed by atoms with Gasteiger partial charge in [-0.15, -0.1) is 0 Å². The quantitative estimate of drug-likeness (QED) is 0.430. The van der Waals surface area contributed by atoms with Crippen molar-refractivity contribution < 1.29 is 18.4 Å². The van der Waals surface area contributed by atoms with E-state index in [-0.39, 0.29) is 25.4 Å². The van der Waals surface area contributed by atoms with E-state index in [1.807, 2.05) is 0 Å². The molecule has 0 aromatic heterocycles. The van der Waals surface area contributed by atoms with E-state index in [1.54, 1.807) is 6.92 Å². The summed E-state index contributed by atoms with van der Waals surface area (Å²) in [6.07, 6.45) is 0.523. The molecule has 0 amide bonds. The van der Waals surface area contributed by atoms with E-state index in [0.717, 1.165) is 10.4 Å². The third-order valence-corrected chi connectivity index (χ3v) is 4.58. The van der Waals surface area contributed by atoms with Gasteiger partial charge in [-0.3, -0.25) is 10.1 Å². The van der Waals surface area contributed by atoms with E-state index in [1.165, 1.54) is 12.1 Å². The maximum absolute atomic E-state index is 12.4. The maximum atomic E-state index is 12.4. The van der Waals surface area contributed by atoms with Crippen LogP contribution in [-0.4, -0.2) is 42.4 Å². The lowest BCUT2D eigenvalue weighted by atomic mass is 10.3. The summed E-state index contributed by atoms with van der Waals surface area (Å²) in [7, 11) is -4.07.